The Labute approximate surface area is 125 Å². The van der Waals surface area contributed by atoms with Crippen LogP contribution in [0, 0.1) is 0 Å². The number of hydrogen-bond acceptors (Lipinski definition) is 4. The summed E-state index contributed by atoms with van der Waals surface area (Å²) in [5.41, 5.74) is 6.83. The molecular weight excluding hydrogens is 284 g/mol. The summed E-state index contributed by atoms with van der Waals surface area (Å²) in [5, 5.41) is 13.6. The van der Waals surface area contributed by atoms with Crippen molar-refractivity contribution < 1.29 is 9.90 Å². The molecule has 4 N–H and O–H groups in total. The van der Waals surface area contributed by atoms with Gasteiger partial charge in [0.25, 0.3) is 5.91 Å². The Balaban J connectivity index is 1.75. The number of aromatic hydroxyl groups is 1. The lowest BCUT2D eigenvalue weighted by Crippen LogP contribution is -2.21. The molecule has 0 atom stereocenters. The highest BCUT2D eigenvalue weighted by Gasteiger charge is 2.10. The van der Waals surface area contributed by atoms with Crippen molar-refractivity contribution in [2.24, 2.45) is 0 Å². The maximum absolute atomic E-state index is 12.2. The van der Waals surface area contributed by atoms with Gasteiger partial charge in [-0.05, 0) is 35.7 Å². The zero-order valence-electron chi connectivity index (χ0n) is 11.2. The van der Waals surface area contributed by atoms with Crippen LogP contribution in [0.5, 0.6) is 5.75 Å². The van der Waals surface area contributed by atoms with Gasteiger partial charge in [-0.2, -0.15) is 0 Å². The molecule has 0 aliphatic heterocycles. The summed E-state index contributed by atoms with van der Waals surface area (Å²) in [7, 11) is 0. The van der Waals surface area contributed by atoms with Gasteiger partial charge in [0, 0.05) is 22.5 Å². The van der Waals surface area contributed by atoms with E-state index in [1.807, 2.05) is 30.3 Å². The average molecular weight is 298 g/mol. The van der Waals surface area contributed by atoms with Gasteiger partial charge >= 0.3 is 0 Å². The maximum Gasteiger partial charge on any atom is 0.261 e. The monoisotopic (exact) mass is 298 g/mol. The molecule has 0 aliphatic rings. The molecule has 0 radical (unpaired) electrons. The fourth-order valence-electron chi connectivity index (χ4n) is 2.10. The van der Waals surface area contributed by atoms with Crippen molar-refractivity contribution in [1.29, 1.82) is 0 Å². The van der Waals surface area contributed by atoms with E-state index in [2.05, 4.69) is 5.32 Å². The first-order valence-corrected chi connectivity index (χ1v) is 7.29. The van der Waals surface area contributed by atoms with Crippen molar-refractivity contribution in [2.75, 3.05) is 5.73 Å². The Morgan fingerprint density at radius 3 is 2.81 bits per heavy atom. The summed E-state index contributed by atoms with van der Waals surface area (Å²) in [6.45, 7) is 0.240. The van der Waals surface area contributed by atoms with Crippen LogP contribution in [-0.2, 0) is 6.54 Å². The number of thiophene rings is 1. The van der Waals surface area contributed by atoms with Gasteiger partial charge in [0.15, 0.2) is 0 Å². The van der Waals surface area contributed by atoms with Crippen LogP contribution in [0.4, 0.5) is 5.69 Å². The fourth-order valence-corrected chi connectivity index (χ4v) is 3.08. The molecule has 1 aromatic heterocycles. The summed E-state index contributed by atoms with van der Waals surface area (Å²) in [6.07, 6.45) is 0. The number of fused-ring (bicyclic) bond motifs is 1. The molecule has 1 heterocycles. The van der Waals surface area contributed by atoms with Crippen LogP contribution in [0.1, 0.15) is 15.2 Å². The molecule has 3 rings (SSSR count). The molecule has 0 unspecified atom stereocenters. The molecule has 0 aliphatic carbocycles. The molecule has 5 heteroatoms. The topological polar surface area (TPSA) is 75.3 Å². The van der Waals surface area contributed by atoms with Gasteiger partial charge in [-0.1, -0.05) is 18.2 Å². The molecule has 106 valence electrons. The lowest BCUT2D eigenvalue weighted by molar-refractivity contribution is 0.0955. The van der Waals surface area contributed by atoms with Crippen molar-refractivity contribution in [1.82, 2.24) is 5.32 Å². The highest BCUT2D eigenvalue weighted by molar-refractivity contribution is 7.20. The zero-order valence-corrected chi connectivity index (χ0v) is 12.0. The highest BCUT2D eigenvalue weighted by atomic mass is 32.1. The first-order valence-electron chi connectivity index (χ1n) is 6.47. The van der Waals surface area contributed by atoms with E-state index in [9.17, 15) is 9.90 Å². The quantitative estimate of drug-likeness (QED) is 0.513. The van der Waals surface area contributed by atoms with E-state index < -0.39 is 0 Å². The minimum absolute atomic E-state index is 0.126. The van der Waals surface area contributed by atoms with Crippen molar-refractivity contribution in [3.8, 4) is 5.75 Å². The lowest BCUT2D eigenvalue weighted by Gasteiger charge is -2.07. The van der Waals surface area contributed by atoms with Crippen molar-refractivity contribution in [3.05, 3.63) is 59.0 Å². The van der Waals surface area contributed by atoms with Crippen molar-refractivity contribution in [3.63, 3.8) is 0 Å². The maximum atomic E-state index is 12.2. The summed E-state index contributed by atoms with van der Waals surface area (Å²) in [5.74, 6) is -0.0288. The third-order valence-electron chi connectivity index (χ3n) is 3.19. The number of carbonyl (C=O) groups is 1. The van der Waals surface area contributed by atoms with E-state index in [0.29, 0.717) is 16.1 Å². The number of carbonyl (C=O) groups excluding carboxylic acids is 1. The van der Waals surface area contributed by atoms with Gasteiger partial charge in [0.2, 0.25) is 0 Å². The number of phenols is 1. The minimum Gasteiger partial charge on any atom is -0.508 e. The molecule has 0 fully saturated rings. The summed E-state index contributed by atoms with van der Waals surface area (Å²) in [6, 6.07) is 14.5. The molecule has 0 saturated carbocycles. The van der Waals surface area contributed by atoms with Gasteiger partial charge in [-0.15, -0.1) is 11.3 Å². The fraction of sp³-hybridized carbons (Fsp3) is 0.0625. The van der Waals surface area contributed by atoms with E-state index in [1.54, 1.807) is 12.1 Å². The molecule has 1 amide bonds. The van der Waals surface area contributed by atoms with E-state index >= 15 is 0 Å². The van der Waals surface area contributed by atoms with Gasteiger partial charge in [-0.25, -0.2) is 0 Å². The summed E-state index contributed by atoms with van der Waals surface area (Å²) >= 11 is 1.45. The van der Waals surface area contributed by atoms with Crippen LogP contribution in [-0.4, -0.2) is 11.0 Å². The Hall–Kier alpha value is -2.53. The van der Waals surface area contributed by atoms with Gasteiger partial charge < -0.3 is 16.2 Å². The van der Waals surface area contributed by atoms with E-state index in [4.69, 9.17) is 5.73 Å². The second kappa shape index (κ2) is 5.46. The first kappa shape index (κ1) is 13.5. The number of nitrogen functional groups attached to an aromatic ring is 1. The number of hydrogen-bond donors (Lipinski definition) is 3. The third kappa shape index (κ3) is 2.83. The Morgan fingerprint density at radius 2 is 2.00 bits per heavy atom. The lowest BCUT2D eigenvalue weighted by atomic mass is 10.2. The predicted molar refractivity (Wildman–Crippen MR) is 85.5 cm³/mol. The van der Waals surface area contributed by atoms with Crippen molar-refractivity contribution in [2.45, 2.75) is 6.54 Å². The van der Waals surface area contributed by atoms with Gasteiger partial charge in [0.05, 0.1) is 4.88 Å². The molecule has 0 bridgehead atoms. The standard InChI is InChI=1S/C16H14N2O2S/c17-12-5-6-13(19)11(7-12)9-18-16(20)15-8-10-3-1-2-4-14(10)21-15/h1-8,19H,9,17H2,(H,18,20). The third-order valence-corrected chi connectivity index (χ3v) is 4.31. The molecule has 21 heavy (non-hydrogen) atoms. The highest BCUT2D eigenvalue weighted by Crippen LogP contribution is 2.25. The van der Waals surface area contributed by atoms with Crippen molar-refractivity contribution >= 4 is 33.0 Å². The molecule has 2 aromatic carbocycles. The molecule has 4 nitrogen and oxygen atoms in total. The first-order chi connectivity index (χ1) is 10.1. The van der Waals surface area contributed by atoms with Crippen LogP contribution in [0.15, 0.2) is 48.5 Å². The molecule has 3 aromatic rings. The van der Waals surface area contributed by atoms with Crippen LogP contribution < -0.4 is 11.1 Å². The number of nitrogens with one attached hydrogen (secondary N) is 1. The Morgan fingerprint density at radius 1 is 1.19 bits per heavy atom. The zero-order chi connectivity index (χ0) is 14.8. The van der Waals surface area contributed by atoms with E-state index in [0.717, 1.165) is 10.1 Å². The van der Waals surface area contributed by atoms with E-state index in [1.165, 1.54) is 17.4 Å². The molecule has 0 saturated heterocycles. The minimum atomic E-state index is -0.155. The van der Waals surface area contributed by atoms with Crippen LogP contribution in [0.25, 0.3) is 10.1 Å². The number of phenolic OH excluding ortho intramolecular Hbond substituents is 1. The number of anilines is 1. The average Bonchev–Trinajstić information content (AvgIpc) is 2.92. The SMILES string of the molecule is Nc1ccc(O)c(CNC(=O)c2cc3ccccc3s2)c1. The number of amides is 1. The van der Waals surface area contributed by atoms with Gasteiger partial charge in [-0.3, -0.25) is 4.79 Å². The van der Waals surface area contributed by atoms with Crippen LogP contribution in [0.2, 0.25) is 0 Å². The largest absolute Gasteiger partial charge is 0.508 e. The summed E-state index contributed by atoms with van der Waals surface area (Å²) < 4.78 is 1.08. The van der Waals surface area contributed by atoms with E-state index in [-0.39, 0.29) is 18.2 Å². The van der Waals surface area contributed by atoms with Crippen LogP contribution >= 0.6 is 11.3 Å². The summed E-state index contributed by atoms with van der Waals surface area (Å²) in [4.78, 5) is 12.8. The molecule has 0 spiro atoms. The second-order valence-corrected chi connectivity index (χ2v) is 5.80. The molecular formula is C16H14N2O2S. The number of nitrogens with two attached hydrogens (primary N) is 1. The normalized spacial score (nSPS) is 10.7. The number of rotatable bonds is 3. The van der Waals surface area contributed by atoms with Gasteiger partial charge in [0.1, 0.15) is 5.75 Å². The predicted octanol–water partition coefficient (Wildman–Crippen LogP) is 3.12. The van der Waals surface area contributed by atoms with Crippen LogP contribution in [0.3, 0.4) is 0 Å². The smallest absolute Gasteiger partial charge is 0.261 e. The Kier molecular flexibility index (Phi) is 3.50. The Bertz CT molecular complexity index is 778. The second-order valence-electron chi connectivity index (χ2n) is 4.72. The number of benzene rings is 2.